The number of rotatable bonds is 17. The molecule has 39 heavy (non-hydrogen) atoms. The zero-order valence-electron chi connectivity index (χ0n) is 24.7. The van der Waals surface area contributed by atoms with E-state index in [1.165, 1.54) is 0 Å². The summed E-state index contributed by atoms with van der Waals surface area (Å²) in [5.74, 6) is -1.05. The van der Waals surface area contributed by atoms with Crippen molar-refractivity contribution in [2.75, 3.05) is 42.6 Å². The molecule has 0 aromatic heterocycles. The molecule has 0 aliphatic rings. The Morgan fingerprint density at radius 3 is 1.59 bits per heavy atom. The number of nitrogens with zero attached hydrogens (tertiary/aromatic N) is 2. The van der Waals surface area contributed by atoms with Crippen LogP contribution in [0.15, 0.2) is 48.5 Å². The van der Waals surface area contributed by atoms with E-state index in [1.807, 2.05) is 31.2 Å². The van der Waals surface area contributed by atoms with Crippen molar-refractivity contribution in [3.8, 4) is 0 Å². The molecule has 0 amide bonds. The van der Waals surface area contributed by atoms with Crippen molar-refractivity contribution in [3.05, 3.63) is 59.7 Å². The summed E-state index contributed by atoms with van der Waals surface area (Å²) in [5.41, 5.74) is -2.93. The van der Waals surface area contributed by atoms with Gasteiger partial charge in [-0.3, -0.25) is 4.79 Å². The molecule has 2 aromatic rings. The van der Waals surface area contributed by atoms with E-state index in [-0.39, 0.29) is 29.9 Å². The third kappa shape index (κ3) is 7.00. The molecule has 0 bridgehead atoms. The molecular formula is C32H48N2O5. The molecular weight excluding hydrogens is 492 g/mol. The number of aldehydes is 1. The second kappa shape index (κ2) is 15.0. The molecule has 0 saturated carbocycles. The average Bonchev–Trinajstić information content (AvgIpc) is 2.98. The van der Waals surface area contributed by atoms with Crippen molar-refractivity contribution in [3.63, 3.8) is 0 Å². The minimum Gasteiger partial charge on any atom is -0.463 e. The van der Waals surface area contributed by atoms with E-state index >= 15 is 0 Å². The van der Waals surface area contributed by atoms with Gasteiger partial charge in [0.15, 0.2) is 11.9 Å². The molecule has 0 spiro atoms. The molecule has 7 heteroatoms. The number of anilines is 2. The smallest absolute Gasteiger partial charge is 0.349 e. The van der Waals surface area contributed by atoms with Gasteiger partial charge in [0.2, 0.25) is 0 Å². The fraction of sp³-hybridized carbons (Fsp3) is 0.562. The SMILES string of the molecule is CCCCC(CC)COC(=O)C(O)(C=O)C(O)(c1ccc(N(CC)CC)cc1)c1ccc(N(CC)CC)cc1. The van der Waals surface area contributed by atoms with Crippen LogP contribution < -0.4 is 9.80 Å². The largest absolute Gasteiger partial charge is 0.463 e. The van der Waals surface area contributed by atoms with Crippen LogP contribution in [0, 0.1) is 5.92 Å². The number of carbonyl (C=O) groups excluding carboxylic acids is 2. The number of benzene rings is 2. The highest BCUT2D eigenvalue weighted by Gasteiger charge is 2.59. The lowest BCUT2D eigenvalue weighted by Crippen LogP contribution is -2.60. The average molecular weight is 541 g/mol. The Bertz CT molecular complexity index is 960. The lowest BCUT2D eigenvalue weighted by Gasteiger charge is -2.39. The predicted octanol–water partition coefficient (Wildman–Crippen LogP) is 5.30. The zero-order valence-corrected chi connectivity index (χ0v) is 24.7. The molecule has 0 aliphatic carbocycles. The molecule has 2 rings (SSSR count). The third-order valence-electron chi connectivity index (χ3n) is 7.85. The third-order valence-corrected chi connectivity index (χ3v) is 7.85. The summed E-state index contributed by atoms with van der Waals surface area (Å²) in [7, 11) is 0. The Balaban J connectivity index is 2.59. The second-order valence-corrected chi connectivity index (χ2v) is 10.0. The van der Waals surface area contributed by atoms with Gasteiger partial charge in [-0.25, -0.2) is 4.79 Å². The van der Waals surface area contributed by atoms with Crippen LogP contribution in [0.2, 0.25) is 0 Å². The summed E-state index contributed by atoms with van der Waals surface area (Å²) in [5, 5.41) is 24.0. The molecule has 2 atom stereocenters. The summed E-state index contributed by atoms with van der Waals surface area (Å²) in [6, 6.07) is 13.9. The van der Waals surface area contributed by atoms with Crippen molar-refractivity contribution in [1.82, 2.24) is 0 Å². The Hall–Kier alpha value is -2.90. The number of aliphatic hydroxyl groups is 2. The Morgan fingerprint density at radius 2 is 1.26 bits per heavy atom. The van der Waals surface area contributed by atoms with Gasteiger partial charge < -0.3 is 24.7 Å². The lowest BCUT2D eigenvalue weighted by molar-refractivity contribution is -0.191. The fourth-order valence-electron chi connectivity index (χ4n) is 5.09. The van der Waals surface area contributed by atoms with Crippen LogP contribution in [0.4, 0.5) is 11.4 Å². The molecule has 2 aromatic carbocycles. The van der Waals surface area contributed by atoms with Gasteiger partial charge in [-0.2, -0.15) is 0 Å². The number of unbranched alkanes of at least 4 members (excludes halogenated alkanes) is 1. The van der Waals surface area contributed by atoms with Crippen molar-refractivity contribution in [2.45, 2.75) is 78.4 Å². The number of esters is 1. The van der Waals surface area contributed by atoms with E-state index in [0.29, 0.717) is 0 Å². The van der Waals surface area contributed by atoms with E-state index < -0.39 is 17.2 Å². The molecule has 2 N–H and O–H groups in total. The maximum Gasteiger partial charge on any atom is 0.349 e. The van der Waals surface area contributed by atoms with Gasteiger partial charge in [0.25, 0.3) is 5.60 Å². The highest BCUT2D eigenvalue weighted by atomic mass is 16.6. The van der Waals surface area contributed by atoms with Crippen LogP contribution >= 0.6 is 0 Å². The monoisotopic (exact) mass is 540 g/mol. The van der Waals surface area contributed by atoms with E-state index in [9.17, 15) is 19.8 Å². The van der Waals surface area contributed by atoms with Crippen LogP contribution in [-0.2, 0) is 19.9 Å². The number of hydrogen-bond donors (Lipinski definition) is 2. The summed E-state index contributed by atoms with van der Waals surface area (Å²) in [4.78, 5) is 30.3. The first kappa shape index (κ1) is 32.3. The Morgan fingerprint density at radius 1 is 0.821 bits per heavy atom. The van der Waals surface area contributed by atoms with Gasteiger partial charge in [0.05, 0.1) is 6.61 Å². The van der Waals surface area contributed by atoms with Gasteiger partial charge in [-0.15, -0.1) is 0 Å². The first-order valence-corrected chi connectivity index (χ1v) is 14.5. The maximum atomic E-state index is 13.4. The highest BCUT2D eigenvalue weighted by molar-refractivity contribution is 5.99. The number of ether oxygens (including phenoxy) is 1. The summed E-state index contributed by atoms with van der Waals surface area (Å²) < 4.78 is 5.53. The second-order valence-electron chi connectivity index (χ2n) is 10.0. The summed E-state index contributed by atoms with van der Waals surface area (Å²) in [6.07, 6.45) is 3.81. The van der Waals surface area contributed by atoms with Crippen molar-refractivity contribution < 1.29 is 24.5 Å². The lowest BCUT2D eigenvalue weighted by atomic mass is 9.73. The quantitative estimate of drug-likeness (QED) is 0.160. The topological polar surface area (TPSA) is 90.3 Å². The highest BCUT2D eigenvalue weighted by Crippen LogP contribution is 2.41. The molecule has 0 radical (unpaired) electrons. The Labute approximate surface area is 234 Å². The van der Waals surface area contributed by atoms with Crippen LogP contribution in [0.25, 0.3) is 0 Å². The molecule has 216 valence electrons. The molecule has 0 heterocycles. The summed E-state index contributed by atoms with van der Waals surface area (Å²) in [6.45, 7) is 15.6. The minimum absolute atomic E-state index is 0.0728. The standard InChI is InChI=1S/C32H48N2O5/c1-7-13-14-25(8-2)23-39-30(36)31(37,24-35)32(38,26-15-19-28(20-16-26)33(9-3)10-4)27-17-21-29(22-18-27)34(11-5)12-6/h15-22,24-25,37-38H,7-14,23H2,1-6H3. The fourth-order valence-corrected chi connectivity index (χ4v) is 5.09. The van der Waals surface area contributed by atoms with Crippen LogP contribution in [0.1, 0.15) is 78.4 Å². The first-order chi connectivity index (χ1) is 18.7. The van der Waals surface area contributed by atoms with Gasteiger partial charge in [-0.1, -0.05) is 57.4 Å². The Kier molecular flexibility index (Phi) is 12.5. The van der Waals surface area contributed by atoms with Crippen LogP contribution in [0.5, 0.6) is 0 Å². The van der Waals surface area contributed by atoms with Crippen molar-refractivity contribution in [1.29, 1.82) is 0 Å². The van der Waals surface area contributed by atoms with Crippen molar-refractivity contribution in [2.24, 2.45) is 5.92 Å². The van der Waals surface area contributed by atoms with E-state index in [4.69, 9.17) is 4.74 Å². The minimum atomic E-state index is -2.86. The summed E-state index contributed by atoms with van der Waals surface area (Å²) >= 11 is 0. The van der Waals surface area contributed by atoms with Crippen LogP contribution in [-0.4, -0.2) is 60.9 Å². The first-order valence-electron chi connectivity index (χ1n) is 14.5. The van der Waals surface area contributed by atoms with E-state index in [1.54, 1.807) is 24.3 Å². The van der Waals surface area contributed by atoms with Gasteiger partial charge in [-0.05, 0) is 75.4 Å². The molecule has 0 aliphatic heterocycles. The normalized spacial score (nSPS) is 13.8. The zero-order chi connectivity index (χ0) is 29.1. The van der Waals surface area contributed by atoms with E-state index in [0.717, 1.165) is 63.2 Å². The van der Waals surface area contributed by atoms with Gasteiger partial charge in [0, 0.05) is 37.6 Å². The van der Waals surface area contributed by atoms with Gasteiger partial charge in [0.1, 0.15) is 0 Å². The van der Waals surface area contributed by atoms with Crippen LogP contribution in [0.3, 0.4) is 0 Å². The molecule has 0 fully saturated rings. The molecule has 7 nitrogen and oxygen atoms in total. The van der Waals surface area contributed by atoms with E-state index in [2.05, 4.69) is 44.4 Å². The van der Waals surface area contributed by atoms with Crippen molar-refractivity contribution >= 4 is 23.6 Å². The number of carbonyl (C=O) groups is 2. The molecule has 2 unspecified atom stereocenters. The maximum absolute atomic E-state index is 13.4. The van der Waals surface area contributed by atoms with Gasteiger partial charge >= 0.3 is 5.97 Å². The predicted molar refractivity (Wildman–Crippen MR) is 158 cm³/mol. The molecule has 0 saturated heterocycles. The number of hydrogen-bond acceptors (Lipinski definition) is 7.